The monoisotopic (exact) mass is 1770 g/mol. The van der Waals surface area contributed by atoms with Gasteiger partial charge in [-0.05, 0) is 150 Å². The van der Waals surface area contributed by atoms with Crippen molar-refractivity contribution >= 4 is 60.9 Å². The number of amides is 2. The number of H-pyrrole nitrogens is 2. The Balaban J connectivity index is 0.000000279. The van der Waals surface area contributed by atoms with Gasteiger partial charge in [-0.2, -0.15) is 10.5 Å². The first-order valence-electron chi connectivity index (χ1n) is 40.3. The fourth-order valence-electron chi connectivity index (χ4n) is 14.0. The predicted molar refractivity (Wildman–Crippen MR) is 481 cm³/mol. The molecule has 4 heterocycles. The summed E-state index contributed by atoms with van der Waals surface area (Å²) in [6.07, 6.45) is 1.20. The van der Waals surface area contributed by atoms with Gasteiger partial charge in [0.15, 0.2) is 0 Å². The number of ether oxygens (including phenoxy) is 8. The van der Waals surface area contributed by atoms with Gasteiger partial charge in [0.2, 0.25) is 0 Å². The van der Waals surface area contributed by atoms with Crippen LogP contribution in [-0.2, 0) is 48.2 Å². The zero-order valence-electron chi connectivity index (χ0n) is 71.6. The molecule has 10 rings (SSSR count). The fourth-order valence-corrected chi connectivity index (χ4v) is 19.5. The first-order valence-corrected chi connectivity index (χ1v) is 46.1. The standard InChI is InChI=1S/C46H56N5O9PS2.C44H52N5O9PS/c1-8-28-62-63-45(54)48-26-12-14-34-30-50(44(53)49-43(34)52)42-29-40(60-61(58-27-13-25-47)51(32(2)3)33(4)5)41(59-42)31-57-46(35-15-10-9-11-16-35,36-17-21-38(55-6)22-18-36)37-19-23-39(56-7)24-20-37;1-30(2)49(31(3)4)59(56-26-12-24-45)58-38-27-40(48-28-32(41(50)47-42(48)51)13-11-25-46-43(52)60-7)57-39(38)29-55-44(33-14-9-8-10-15-33,34-16-20-36(53-5)21-17-34)35-18-22-37(54-6)23-19-35/h9-11,15-24,30,32-33,40-42H,8,13,26-29,31H2,1-7H3,(H,48,54)(H,49,52,53);8-10,14-23,28,30-31,38-40H,12,25-27,29H2,1-7H3,(H,46,52)(H,47,50,51). The number of nitrogens with one attached hydrogen (secondary N) is 4. The van der Waals surface area contributed by atoms with Crippen molar-refractivity contribution in [2.24, 2.45) is 0 Å². The summed E-state index contributed by atoms with van der Waals surface area (Å²) in [5, 5.41) is 23.6. The number of methoxy groups -OCH3 is 4. The van der Waals surface area contributed by atoms with E-state index in [1.54, 1.807) is 34.7 Å². The van der Waals surface area contributed by atoms with E-state index in [-0.39, 0.29) is 111 Å². The van der Waals surface area contributed by atoms with Crippen molar-refractivity contribution in [3.63, 3.8) is 0 Å². The first-order chi connectivity index (χ1) is 59.4. The Kier molecular flexibility index (Phi) is 38.4. The van der Waals surface area contributed by atoms with Crippen LogP contribution >= 0.6 is 50.4 Å². The number of rotatable bonds is 39. The molecular weight excluding hydrogens is 1670 g/mol. The largest absolute Gasteiger partial charge is 0.497 e. The second kappa shape index (κ2) is 48.6. The average Bonchev–Trinajstić information content (AvgIpc) is 1.36. The summed E-state index contributed by atoms with van der Waals surface area (Å²) in [7, 11) is 5.52. The summed E-state index contributed by atoms with van der Waals surface area (Å²) >= 11 is 1.01. The summed E-state index contributed by atoms with van der Waals surface area (Å²) in [6, 6.07) is 54.8. The third kappa shape index (κ3) is 26.0. The van der Waals surface area contributed by atoms with Crippen LogP contribution in [0.15, 0.2) is 189 Å². The van der Waals surface area contributed by atoms with Gasteiger partial charge in [-0.1, -0.05) is 162 Å². The molecule has 4 N–H and O–H groups in total. The molecular formula is C90H108N10O18P2S3. The minimum absolute atomic E-state index is 0.00937. The lowest BCUT2D eigenvalue weighted by molar-refractivity contribution is -0.0926. The highest BCUT2D eigenvalue weighted by Crippen LogP contribution is 2.53. The molecule has 28 nitrogen and oxygen atoms in total. The molecule has 0 aliphatic carbocycles. The van der Waals surface area contributed by atoms with E-state index < -0.39 is 87.6 Å². The van der Waals surface area contributed by atoms with Crippen LogP contribution in [0.3, 0.4) is 0 Å². The van der Waals surface area contributed by atoms with Gasteiger partial charge in [-0.25, -0.2) is 18.9 Å². The second-order valence-electron chi connectivity index (χ2n) is 29.2. The van der Waals surface area contributed by atoms with Crippen molar-refractivity contribution in [2.45, 2.75) is 167 Å². The summed E-state index contributed by atoms with van der Waals surface area (Å²) in [4.78, 5) is 81.6. The molecule has 2 amide bonds. The quantitative estimate of drug-likeness (QED) is 0.00914. The molecule has 0 spiro atoms. The van der Waals surface area contributed by atoms with E-state index in [4.69, 9.17) is 56.0 Å². The zero-order chi connectivity index (χ0) is 88.6. The maximum atomic E-state index is 13.6. The number of benzene rings is 6. The van der Waals surface area contributed by atoms with Crippen molar-refractivity contribution in [2.75, 3.05) is 80.0 Å². The van der Waals surface area contributed by atoms with Crippen LogP contribution in [0, 0.1) is 46.3 Å². The van der Waals surface area contributed by atoms with Crippen molar-refractivity contribution < 1.29 is 65.6 Å². The molecule has 0 bridgehead atoms. The third-order valence-electron chi connectivity index (χ3n) is 19.7. The van der Waals surface area contributed by atoms with E-state index in [0.29, 0.717) is 23.0 Å². The number of aromatic nitrogens is 4. The van der Waals surface area contributed by atoms with Crippen molar-refractivity contribution in [1.82, 2.24) is 39.1 Å². The highest BCUT2D eigenvalue weighted by atomic mass is 33.1. The van der Waals surface area contributed by atoms with E-state index in [0.717, 1.165) is 68.1 Å². The molecule has 0 radical (unpaired) electrons. The Bertz CT molecular complexity index is 5060. The molecule has 654 valence electrons. The summed E-state index contributed by atoms with van der Waals surface area (Å²) in [5.41, 5.74) is -0.129. The predicted octanol–water partition coefficient (Wildman–Crippen LogP) is 15.3. The maximum absolute atomic E-state index is 13.6. The van der Waals surface area contributed by atoms with Crippen LogP contribution < -0.4 is 52.1 Å². The lowest BCUT2D eigenvalue weighted by atomic mass is 9.80. The molecule has 8 atom stereocenters. The number of thioether (sulfide) groups is 1. The van der Waals surface area contributed by atoms with Gasteiger partial charge in [-0.3, -0.25) is 38.3 Å². The van der Waals surface area contributed by atoms with E-state index in [1.807, 2.05) is 192 Å². The fraction of sp³-hybridized carbons (Fsp3) is 0.422. The topological polar surface area (TPSA) is 333 Å². The molecule has 8 unspecified atom stereocenters. The van der Waals surface area contributed by atoms with Crippen LogP contribution in [0.5, 0.6) is 23.0 Å². The molecule has 2 aliphatic rings. The van der Waals surface area contributed by atoms with E-state index in [2.05, 4.69) is 93.5 Å². The number of carbonyl (C=O) groups excluding carboxylic acids is 2. The Hall–Kier alpha value is -9.57. The minimum Gasteiger partial charge on any atom is -0.497 e. The number of hydrogen-bond donors (Lipinski definition) is 4. The van der Waals surface area contributed by atoms with Crippen LogP contribution in [0.1, 0.15) is 151 Å². The van der Waals surface area contributed by atoms with Gasteiger partial charge in [0.1, 0.15) is 70.0 Å². The number of aromatic amines is 2. The minimum atomic E-state index is -1.75. The molecule has 6 aromatic carbocycles. The molecule has 2 saturated heterocycles. The van der Waals surface area contributed by atoms with Crippen LogP contribution in [0.2, 0.25) is 0 Å². The number of carbonyl (C=O) groups is 2. The van der Waals surface area contributed by atoms with E-state index in [9.17, 15) is 39.3 Å². The van der Waals surface area contributed by atoms with Gasteiger partial charge >= 0.3 is 11.4 Å². The number of nitrogens with zero attached hydrogens (tertiary/aromatic N) is 6. The summed E-state index contributed by atoms with van der Waals surface area (Å²) in [5.74, 6) is 14.7. The van der Waals surface area contributed by atoms with E-state index in [1.165, 1.54) is 32.3 Å². The molecule has 2 fully saturated rings. The van der Waals surface area contributed by atoms with Crippen LogP contribution in [0.25, 0.3) is 0 Å². The average molecular weight is 1780 g/mol. The normalized spacial score (nSPS) is 16.8. The van der Waals surface area contributed by atoms with Gasteiger partial charge < -0.3 is 66.6 Å². The Labute approximate surface area is 733 Å². The molecule has 0 saturated carbocycles. The first kappa shape index (κ1) is 97.2. The highest BCUT2D eigenvalue weighted by Gasteiger charge is 2.48. The van der Waals surface area contributed by atoms with Gasteiger partial charge in [0.25, 0.3) is 38.6 Å². The lowest BCUT2D eigenvalue weighted by Gasteiger charge is -2.39. The molecule has 8 aromatic rings. The smallest absolute Gasteiger partial charge is 0.330 e. The third-order valence-corrected chi connectivity index (χ3v) is 26.8. The second-order valence-corrected chi connectivity index (χ2v) is 35.1. The summed E-state index contributed by atoms with van der Waals surface area (Å²) < 4.78 is 83.5. The van der Waals surface area contributed by atoms with Crippen molar-refractivity contribution in [1.29, 1.82) is 10.5 Å². The molecule has 2 aromatic heterocycles. The SMILES string of the molecule is CCCSSC(=O)NCC#Cc1cn(C2CC(OP(OCCC#N)N(C(C)C)C(C)C)C(COC(c3ccccc3)(c3ccc(OC)cc3)c3ccc(OC)cc3)O2)c(=O)[nH]c1=O.COc1ccc(C(OCC2OC(n3cc(C#CCNC(=O)SC)c(=O)[nH]c3=O)CC2OP(OCCC#N)N(C(C)C)C(C)C)(c2ccccc2)c2ccc(OC)cc2)cc1. The molecule has 33 heteroatoms. The Morgan fingerprint density at radius 2 is 0.854 bits per heavy atom. The Morgan fingerprint density at radius 1 is 0.520 bits per heavy atom. The van der Waals surface area contributed by atoms with Gasteiger partial charge in [0.05, 0.1) is 105 Å². The molecule has 123 heavy (non-hydrogen) atoms. The molecule has 2 aliphatic heterocycles. The van der Waals surface area contributed by atoms with Crippen molar-refractivity contribution in [3.05, 3.63) is 256 Å². The van der Waals surface area contributed by atoms with Gasteiger partial charge in [-0.15, -0.1) is 0 Å². The zero-order valence-corrected chi connectivity index (χ0v) is 75.8. The summed E-state index contributed by atoms with van der Waals surface area (Å²) in [6.45, 7) is 18.7. The van der Waals surface area contributed by atoms with Crippen LogP contribution in [-0.4, -0.2) is 167 Å². The maximum Gasteiger partial charge on any atom is 0.330 e. The number of nitriles is 2. The number of hydrogen-bond acceptors (Lipinski definition) is 25. The lowest BCUT2D eigenvalue weighted by Crippen LogP contribution is -2.39. The Morgan fingerprint density at radius 3 is 1.16 bits per heavy atom. The van der Waals surface area contributed by atoms with E-state index >= 15 is 0 Å². The van der Waals surface area contributed by atoms with Gasteiger partial charge in [0, 0.05) is 65.9 Å². The van der Waals surface area contributed by atoms with Crippen molar-refractivity contribution in [3.8, 4) is 58.8 Å². The highest BCUT2D eigenvalue weighted by molar-refractivity contribution is 8.82. The van der Waals surface area contributed by atoms with Crippen LogP contribution in [0.4, 0.5) is 9.59 Å².